The molecule has 0 saturated carbocycles. The number of nitrogens with zero attached hydrogens (tertiary/aromatic N) is 2. The molecule has 1 aliphatic heterocycles. The lowest BCUT2D eigenvalue weighted by Crippen LogP contribution is -2.34. The van der Waals surface area contributed by atoms with Gasteiger partial charge >= 0.3 is 6.09 Å². The second-order valence-corrected chi connectivity index (χ2v) is 7.35. The molecular formula is C18H25N3O6. The van der Waals surface area contributed by atoms with Crippen molar-refractivity contribution in [3.8, 4) is 0 Å². The summed E-state index contributed by atoms with van der Waals surface area (Å²) in [6.07, 6.45) is -0.136. The number of benzene rings is 1. The number of nitrogens with one attached hydrogen (secondary N) is 1. The van der Waals surface area contributed by atoms with E-state index in [0.717, 1.165) is 0 Å². The topological polar surface area (TPSA) is 111 Å². The van der Waals surface area contributed by atoms with Gasteiger partial charge in [0.25, 0.3) is 5.69 Å². The third kappa shape index (κ3) is 6.52. The predicted octanol–water partition coefficient (Wildman–Crippen LogP) is 2.49. The second kappa shape index (κ2) is 8.81. The molecule has 0 aromatic heterocycles. The van der Waals surface area contributed by atoms with Crippen LogP contribution in [0, 0.1) is 16.0 Å². The van der Waals surface area contributed by atoms with E-state index in [0.29, 0.717) is 38.4 Å². The highest BCUT2D eigenvalue weighted by Gasteiger charge is 2.30. The Bertz CT molecular complexity index is 683. The van der Waals surface area contributed by atoms with Crippen molar-refractivity contribution in [3.63, 3.8) is 0 Å². The largest absolute Gasteiger partial charge is 0.444 e. The average molecular weight is 379 g/mol. The van der Waals surface area contributed by atoms with Crippen LogP contribution in [-0.2, 0) is 14.3 Å². The molecular weight excluding hydrogens is 354 g/mol. The molecule has 0 spiro atoms. The van der Waals surface area contributed by atoms with Gasteiger partial charge in [0.2, 0.25) is 5.91 Å². The summed E-state index contributed by atoms with van der Waals surface area (Å²) in [5.41, 5.74) is 0.0821. The van der Waals surface area contributed by atoms with E-state index >= 15 is 0 Å². The number of alkyl carbamates (subject to hydrolysis) is 1. The SMILES string of the molecule is CC(C)(C)OC(=O)NCCOCC1CC(=O)N(c2ccc([N+](=O)[O-])cc2)C1. The minimum absolute atomic E-state index is 0.0113. The number of amides is 2. The Kier molecular flexibility index (Phi) is 6.73. The van der Waals surface area contributed by atoms with Crippen molar-refractivity contribution in [2.24, 2.45) is 5.92 Å². The van der Waals surface area contributed by atoms with E-state index in [1.165, 1.54) is 12.1 Å². The van der Waals surface area contributed by atoms with Crippen molar-refractivity contribution >= 4 is 23.4 Å². The first-order chi connectivity index (χ1) is 12.7. The van der Waals surface area contributed by atoms with Crippen molar-refractivity contribution in [2.75, 3.05) is 31.2 Å². The molecule has 1 unspecified atom stereocenters. The van der Waals surface area contributed by atoms with Gasteiger partial charge in [0.05, 0.1) is 18.1 Å². The van der Waals surface area contributed by atoms with Crippen LogP contribution >= 0.6 is 0 Å². The normalized spacial score (nSPS) is 17.1. The quantitative estimate of drug-likeness (QED) is 0.443. The van der Waals surface area contributed by atoms with Crippen LogP contribution in [0.2, 0.25) is 0 Å². The van der Waals surface area contributed by atoms with Gasteiger partial charge in [-0.05, 0) is 32.9 Å². The van der Waals surface area contributed by atoms with Gasteiger partial charge < -0.3 is 19.7 Å². The number of hydrogen-bond donors (Lipinski definition) is 1. The van der Waals surface area contributed by atoms with E-state index in [-0.39, 0.29) is 17.5 Å². The lowest BCUT2D eigenvalue weighted by Gasteiger charge is -2.19. The minimum atomic E-state index is -0.545. The lowest BCUT2D eigenvalue weighted by molar-refractivity contribution is -0.384. The third-order valence-electron chi connectivity index (χ3n) is 3.85. The number of carbonyl (C=O) groups is 2. The summed E-state index contributed by atoms with van der Waals surface area (Å²) in [4.78, 5) is 35.5. The Morgan fingerprint density at radius 3 is 2.59 bits per heavy atom. The van der Waals surface area contributed by atoms with Gasteiger partial charge in [-0.1, -0.05) is 0 Å². The van der Waals surface area contributed by atoms with Gasteiger partial charge in [-0.25, -0.2) is 4.79 Å². The van der Waals surface area contributed by atoms with Crippen LogP contribution in [0.15, 0.2) is 24.3 Å². The number of nitro benzene ring substituents is 1. The van der Waals surface area contributed by atoms with Crippen LogP contribution in [0.5, 0.6) is 0 Å². The van der Waals surface area contributed by atoms with Crippen LogP contribution in [0.4, 0.5) is 16.2 Å². The van der Waals surface area contributed by atoms with E-state index in [1.54, 1.807) is 37.8 Å². The number of hydrogen-bond acceptors (Lipinski definition) is 6. The van der Waals surface area contributed by atoms with E-state index in [9.17, 15) is 19.7 Å². The molecule has 1 heterocycles. The lowest BCUT2D eigenvalue weighted by atomic mass is 10.1. The van der Waals surface area contributed by atoms with Gasteiger partial charge in [0.15, 0.2) is 0 Å². The maximum absolute atomic E-state index is 12.2. The number of ether oxygens (including phenoxy) is 2. The molecule has 1 saturated heterocycles. The molecule has 1 fully saturated rings. The summed E-state index contributed by atoms with van der Waals surface area (Å²) >= 11 is 0. The first-order valence-electron chi connectivity index (χ1n) is 8.75. The predicted molar refractivity (Wildman–Crippen MR) is 98.6 cm³/mol. The average Bonchev–Trinajstić information content (AvgIpc) is 2.93. The molecule has 9 nitrogen and oxygen atoms in total. The molecule has 1 N–H and O–H groups in total. The Hall–Kier alpha value is -2.68. The number of non-ortho nitro benzene ring substituents is 1. The molecule has 0 bridgehead atoms. The smallest absolute Gasteiger partial charge is 0.407 e. The van der Waals surface area contributed by atoms with Gasteiger partial charge in [-0.2, -0.15) is 0 Å². The van der Waals surface area contributed by atoms with Gasteiger partial charge in [-0.15, -0.1) is 0 Å². The fourth-order valence-corrected chi connectivity index (χ4v) is 2.69. The van der Waals surface area contributed by atoms with Gasteiger partial charge in [-0.3, -0.25) is 14.9 Å². The minimum Gasteiger partial charge on any atom is -0.444 e. The molecule has 1 aromatic rings. The molecule has 1 atom stereocenters. The number of rotatable bonds is 7. The first kappa shape index (κ1) is 20.6. The molecule has 0 radical (unpaired) electrons. The molecule has 148 valence electrons. The highest BCUT2D eigenvalue weighted by atomic mass is 16.6. The Morgan fingerprint density at radius 1 is 1.33 bits per heavy atom. The van der Waals surface area contributed by atoms with Crippen LogP contribution in [0.3, 0.4) is 0 Å². The zero-order chi connectivity index (χ0) is 20.0. The summed E-state index contributed by atoms with van der Waals surface area (Å²) in [6, 6.07) is 5.91. The Balaban J connectivity index is 1.71. The molecule has 9 heteroatoms. The Morgan fingerprint density at radius 2 is 2.00 bits per heavy atom. The number of anilines is 1. The summed E-state index contributed by atoms with van der Waals surface area (Å²) in [7, 11) is 0. The zero-order valence-electron chi connectivity index (χ0n) is 15.8. The van der Waals surface area contributed by atoms with Crippen molar-refractivity contribution in [1.29, 1.82) is 0 Å². The third-order valence-corrected chi connectivity index (χ3v) is 3.85. The molecule has 1 aliphatic rings. The van der Waals surface area contributed by atoms with E-state index in [1.807, 2.05) is 0 Å². The highest BCUT2D eigenvalue weighted by molar-refractivity contribution is 5.95. The molecule has 0 aliphatic carbocycles. The van der Waals surface area contributed by atoms with E-state index < -0.39 is 16.6 Å². The molecule has 2 amide bonds. The maximum Gasteiger partial charge on any atom is 0.407 e. The van der Waals surface area contributed by atoms with E-state index in [4.69, 9.17) is 9.47 Å². The van der Waals surface area contributed by atoms with Crippen molar-refractivity contribution in [1.82, 2.24) is 5.32 Å². The standard InChI is InChI=1S/C18H25N3O6/c1-18(2,3)27-17(23)19-8-9-26-12-13-10-16(22)20(11-13)14-4-6-15(7-5-14)21(24)25/h4-7,13H,8-12H2,1-3H3,(H,19,23). The summed E-state index contributed by atoms with van der Waals surface area (Å²) < 4.78 is 10.7. The van der Waals surface area contributed by atoms with Crippen LogP contribution < -0.4 is 10.2 Å². The van der Waals surface area contributed by atoms with Gasteiger partial charge in [0, 0.05) is 43.2 Å². The molecule has 27 heavy (non-hydrogen) atoms. The van der Waals surface area contributed by atoms with E-state index in [2.05, 4.69) is 5.32 Å². The van der Waals surface area contributed by atoms with Crippen molar-refractivity contribution < 1.29 is 24.0 Å². The fraction of sp³-hybridized carbons (Fsp3) is 0.556. The summed E-state index contributed by atoms with van der Waals surface area (Å²) in [5, 5.41) is 13.3. The van der Waals surface area contributed by atoms with Crippen molar-refractivity contribution in [3.05, 3.63) is 34.4 Å². The second-order valence-electron chi connectivity index (χ2n) is 7.35. The molecule has 1 aromatic carbocycles. The fourth-order valence-electron chi connectivity index (χ4n) is 2.69. The monoisotopic (exact) mass is 379 g/mol. The van der Waals surface area contributed by atoms with Crippen LogP contribution in [0.1, 0.15) is 27.2 Å². The Labute approximate surface area is 157 Å². The number of carbonyl (C=O) groups excluding carboxylic acids is 2. The van der Waals surface area contributed by atoms with Crippen molar-refractivity contribution in [2.45, 2.75) is 32.8 Å². The van der Waals surface area contributed by atoms with Crippen LogP contribution in [-0.4, -0.2) is 48.8 Å². The van der Waals surface area contributed by atoms with Crippen LogP contribution in [0.25, 0.3) is 0 Å². The summed E-state index contributed by atoms with van der Waals surface area (Å²) in [5.74, 6) is -0.00134. The number of nitro groups is 1. The zero-order valence-corrected chi connectivity index (χ0v) is 15.8. The maximum atomic E-state index is 12.2. The highest BCUT2D eigenvalue weighted by Crippen LogP contribution is 2.26. The molecule has 2 rings (SSSR count). The first-order valence-corrected chi connectivity index (χ1v) is 8.75. The van der Waals surface area contributed by atoms with Gasteiger partial charge in [0.1, 0.15) is 5.60 Å². The summed E-state index contributed by atoms with van der Waals surface area (Å²) in [6.45, 7) is 6.90.